The van der Waals surface area contributed by atoms with Crippen molar-refractivity contribution in [1.29, 1.82) is 0 Å². The van der Waals surface area contributed by atoms with E-state index in [-0.39, 0.29) is 18.0 Å². The maximum absolute atomic E-state index is 13.5. The van der Waals surface area contributed by atoms with Crippen molar-refractivity contribution in [1.82, 2.24) is 5.32 Å². The Morgan fingerprint density at radius 3 is 2.39 bits per heavy atom. The Kier molecular flexibility index (Phi) is 4.10. The Balaban J connectivity index is 2.10. The van der Waals surface area contributed by atoms with Gasteiger partial charge in [0.25, 0.3) is 0 Å². The third-order valence-corrected chi connectivity index (χ3v) is 2.95. The molecule has 0 fully saturated rings. The van der Waals surface area contributed by atoms with Crippen molar-refractivity contribution >= 4 is 0 Å². The Bertz CT molecular complexity index is 476. The second kappa shape index (κ2) is 5.78. The highest BCUT2D eigenvalue weighted by Gasteiger charge is 2.15. The maximum Gasteiger partial charge on any atom is 0.129 e. The van der Waals surface area contributed by atoms with E-state index >= 15 is 0 Å². The fraction of sp³-hybridized carbons (Fsp3) is 0.286. The molecule has 18 heavy (non-hydrogen) atoms. The molecule has 4 heteroatoms. The van der Waals surface area contributed by atoms with Crippen LogP contribution in [0.5, 0.6) is 0 Å². The van der Waals surface area contributed by atoms with Crippen molar-refractivity contribution in [2.45, 2.75) is 18.9 Å². The Labute approximate surface area is 105 Å². The van der Waals surface area contributed by atoms with E-state index in [1.807, 2.05) is 6.07 Å². The summed E-state index contributed by atoms with van der Waals surface area (Å²) in [6, 6.07) is 7.50. The van der Waals surface area contributed by atoms with E-state index in [1.54, 1.807) is 19.4 Å². The van der Waals surface area contributed by atoms with Crippen LogP contribution < -0.4 is 5.32 Å². The molecule has 96 valence electrons. The molecule has 1 unspecified atom stereocenters. The maximum atomic E-state index is 13.5. The summed E-state index contributed by atoms with van der Waals surface area (Å²) in [5.41, 5.74) is 0.114. The zero-order chi connectivity index (χ0) is 13.0. The highest BCUT2D eigenvalue weighted by molar-refractivity contribution is 5.21. The minimum absolute atomic E-state index is 0.0671. The van der Waals surface area contributed by atoms with E-state index in [0.29, 0.717) is 6.42 Å². The normalized spacial score (nSPS) is 12.6. The summed E-state index contributed by atoms with van der Waals surface area (Å²) in [7, 11) is 1.77. The molecular formula is C14H15F2NO. The number of benzene rings is 1. The summed E-state index contributed by atoms with van der Waals surface area (Å²) >= 11 is 0. The molecule has 0 bridgehead atoms. The van der Waals surface area contributed by atoms with Crippen molar-refractivity contribution in [2.75, 3.05) is 7.05 Å². The summed E-state index contributed by atoms with van der Waals surface area (Å²) in [5.74, 6) is -0.213. The Morgan fingerprint density at radius 2 is 1.83 bits per heavy atom. The molecule has 1 atom stereocenters. The van der Waals surface area contributed by atoms with Crippen molar-refractivity contribution in [3.8, 4) is 0 Å². The molecular weight excluding hydrogens is 236 g/mol. The Hall–Kier alpha value is -1.68. The van der Waals surface area contributed by atoms with Gasteiger partial charge >= 0.3 is 0 Å². The van der Waals surface area contributed by atoms with Gasteiger partial charge in [0.15, 0.2) is 0 Å². The van der Waals surface area contributed by atoms with Gasteiger partial charge in [0, 0.05) is 18.0 Å². The zero-order valence-corrected chi connectivity index (χ0v) is 10.1. The van der Waals surface area contributed by atoms with Gasteiger partial charge in [-0.1, -0.05) is 6.07 Å². The quantitative estimate of drug-likeness (QED) is 0.883. The lowest BCUT2D eigenvalue weighted by Crippen LogP contribution is -2.30. The number of halogens is 2. The third-order valence-electron chi connectivity index (χ3n) is 2.95. The van der Waals surface area contributed by atoms with Crippen LogP contribution in [-0.4, -0.2) is 13.1 Å². The fourth-order valence-corrected chi connectivity index (χ4v) is 1.92. The summed E-state index contributed by atoms with van der Waals surface area (Å²) in [4.78, 5) is 0. The lowest BCUT2D eigenvalue weighted by atomic mass is 10.0. The van der Waals surface area contributed by atoms with Gasteiger partial charge in [0.05, 0.1) is 6.26 Å². The first-order chi connectivity index (χ1) is 8.70. The van der Waals surface area contributed by atoms with E-state index in [9.17, 15) is 8.78 Å². The average molecular weight is 251 g/mol. The topological polar surface area (TPSA) is 25.2 Å². The first-order valence-electron chi connectivity index (χ1n) is 5.83. The molecule has 0 saturated carbocycles. The molecule has 1 aromatic carbocycles. The van der Waals surface area contributed by atoms with Gasteiger partial charge in [-0.25, -0.2) is 8.78 Å². The van der Waals surface area contributed by atoms with Crippen LogP contribution in [0.15, 0.2) is 41.0 Å². The van der Waals surface area contributed by atoms with Crippen LogP contribution in [0.1, 0.15) is 11.3 Å². The number of nitrogens with one attached hydrogen (secondary N) is 1. The minimum Gasteiger partial charge on any atom is -0.469 e. The van der Waals surface area contributed by atoms with Crippen LogP contribution in [0.25, 0.3) is 0 Å². The van der Waals surface area contributed by atoms with Gasteiger partial charge in [-0.05, 0) is 37.7 Å². The van der Waals surface area contributed by atoms with Crippen LogP contribution in [0.3, 0.4) is 0 Å². The van der Waals surface area contributed by atoms with Gasteiger partial charge in [-0.3, -0.25) is 0 Å². The summed E-state index contributed by atoms with van der Waals surface area (Å²) < 4.78 is 32.3. The summed E-state index contributed by atoms with van der Waals surface area (Å²) in [6.45, 7) is 0. The van der Waals surface area contributed by atoms with Crippen molar-refractivity contribution < 1.29 is 13.2 Å². The van der Waals surface area contributed by atoms with E-state index in [1.165, 1.54) is 18.2 Å². The average Bonchev–Trinajstić information content (AvgIpc) is 2.85. The minimum atomic E-state index is -0.505. The van der Waals surface area contributed by atoms with E-state index in [2.05, 4.69) is 5.32 Å². The number of hydrogen-bond donors (Lipinski definition) is 1. The third kappa shape index (κ3) is 2.96. The highest BCUT2D eigenvalue weighted by atomic mass is 19.1. The molecule has 2 rings (SSSR count). The summed E-state index contributed by atoms with van der Waals surface area (Å²) in [5, 5.41) is 3.05. The molecule has 0 amide bonds. The molecule has 0 saturated heterocycles. The van der Waals surface area contributed by atoms with Crippen LogP contribution in [0, 0.1) is 11.6 Å². The van der Waals surface area contributed by atoms with Crippen molar-refractivity contribution in [3.63, 3.8) is 0 Å². The molecule has 1 heterocycles. The van der Waals surface area contributed by atoms with E-state index in [4.69, 9.17) is 4.42 Å². The number of likely N-dealkylation sites (N-methyl/N-ethyl adjacent to an activating group) is 1. The predicted octanol–water partition coefficient (Wildman–Crippen LogP) is 2.93. The molecule has 2 nitrogen and oxygen atoms in total. The van der Waals surface area contributed by atoms with Gasteiger partial charge in [-0.15, -0.1) is 0 Å². The van der Waals surface area contributed by atoms with Gasteiger partial charge in [0.1, 0.15) is 17.4 Å². The second-order valence-corrected chi connectivity index (χ2v) is 4.17. The molecule has 2 aromatic rings. The largest absolute Gasteiger partial charge is 0.469 e. The Morgan fingerprint density at radius 1 is 1.11 bits per heavy atom. The van der Waals surface area contributed by atoms with Crippen LogP contribution in [0.4, 0.5) is 8.78 Å². The molecule has 1 aromatic heterocycles. The molecule has 1 N–H and O–H groups in total. The first kappa shape index (κ1) is 12.8. The molecule has 0 aliphatic rings. The van der Waals surface area contributed by atoms with Gasteiger partial charge < -0.3 is 9.73 Å². The second-order valence-electron chi connectivity index (χ2n) is 4.17. The van der Waals surface area contributed by atoms with Gasteiger partial charge in [0.2, 0.25) is 0 Å². The molecule has 0 aliphatic heterocycles. The monoisotopic (exact) mass is 251 g/mol. The zero-order valence-electron chi connectivity index (χ0n) is 10.1. The van der Waals surface area contributed by atoms with Crippen molar-refractivity contribution in [3.05, 3.63) is 59.6 Å². The van der Waals surface area contributed by atoms with E-state index < -0.39 is 11.6 Å². The van der Waals surface area contributed by atoms with E-state index in [0.717, 1.165) is 5.76 Å². The van der Waals surface area contributed by atoms with Crippen LogP contribution in [-0.2, 0) is 12.8 Å². The van der Waals surface area contributed by atoms with Crippen LogP contribution in [0.2, 0.25) is 0 Å². The fourth-order valence-electron chi connectivity index (χ4n) is 1.92. The lowest BCUT2D eigenvalue weighted by Gasteiger charge is -2.15. The van der Waals surface area contributed by atoms with Gasteiger partial charge in [-0.2, -0.15) is 0 Å². The standard InChI is InChI=1S/C14H15F2NO/c1-17-10(8-11-4-3-7-18-11)9-12-13(15)5-2-6-14(12)16/h2-7,10,17H,8-9H2,1H3. The molecule has 0 spiro atoms. The summed E-state index contributed by atoms with van der Waals surface area (Å²) in [6.07, 6.45) is 2.47. The number of furan rings is 1. The van der Waals surface area contributed by atoms with Crippen molar-refractivity contribution in [2.24, 2.45) is 0 Å². The highest BCUT2D eigenvalue weighted by Crippen LogP contribution is 2.16. The smallest absolute Gasteiger partial charge is 0.129 e. The van der Waals surface area contributed by atoms with Crippen LogP contribution >= 0.6 is 0 Å². The SMILES string of the molecule is CNC(Cc1ccco1)Cc1c(F)cccc1F. The number of hydrogen-bond acceptors (Lipinski definition) is 2. The predicted molar refractivity (Wildman–Crippen MR) is 65.3 cm³/mol. The molecule has 0 aliphatic carbocycles. The lowest BCUT2D eigenvalue weighted by molar-refractivity contribution is 0.445. The first-order valence-corrected chi connectivity index (χ1v) is 5.83. The molecule has 0 radical (unpaired) electrons. The number of rotatable bonds is 5.